The van der Waals surface area contributed by atoms with Gasteiger partial charge in [0.15, 0.2) is 0 Å². The van der Waals surface area contributed by atoms with Crippen LogP contribution in [0.5, 0.6) is 5.75 Å². The standard InChI is InChI=1S/C28H27F2N3O2.C7H8N2.C2H6/c1-18(2)35-27-14-19(3)4-10-24(27)28(34)32-26(16-33-13-12-31-17-33)23-11-7-21(15-25(23)30)20-5-8-22(29)9-6-20;1-6(8)7-4-2-3-5-9-7;1-2/h4-15,17-18,26H,16H2,1-3H3,(H,32,34);2-5,8H,1H3;1-2H3. The van der Waals surface area contributed by atoms with E-state index < -0.39 is 11.9 Å². The second-order valence-electron chi connectivity index (χ2n) is 10.5. The van der Waals surface area contributed by atoms with E-state index in [1.165, 1.54) is 18.2 Å². The first kappa shape index (κ1) is 35.3. The average Bonchev–Trinajstić information content (AvgIpc) is 3.56. The number of imidazole rings is 1. The molecule has 240 valence electrons. The van der Waals surface area contributed by atoms with Gasteiger partial charge in [-0.25, -0.2) is 13.8 Å². The van der Waals surface area contributed by atoms with Crippen LogP contribution in [0.1, 0.15) is 67.8 Å². The molecule has 5 aromatic rings. The van der Waals surface area contributed by atoms with Crippen molar-refractivity contribution in [3.63, 3.8) is 0 Å². The number of benzene rings is 3. The summed E-state index contributed by atoms with van der Waals surface area (Å²) in [7, 11) is 0. The Hall–Kier alpha value is -5.18. The molecule has 1 unspecified atom stereocenters. The number of carbonyl (C=O) groups excluding carboxylic acids is 1. The number of rotatable bonds is 9. The van der Waals surface area contributed by atoms with E-state index in [1.54, 1.807) is 66.7 Å². The van der Waals surface area contributed by atoms with E-state index >= 15 is 4.39 Å². The minimum atomic E-state index is -0.674. The molecule has 0 aliphatic rings. The number of hydrogen-bond donors (Lipinski definition) is 2. The summed E-state index contributed by atoms with van der Waals surface area (Å²) in [5.41, 5.74) is 4.25. The number of carbonyl (C=O) groups is 1. The summed E-state index contributed by atoms with van der Waals surface area (Å²) in [6.07, 6.45) is 6.57. The van der Waals surface area contributed by atoms with Gasteiger partial charge in [0.25, 0.3) is 5.91 Å². The monoisotopic (exact) mass is 625 g/mol. The highest BCUT2D eigenvalue weighted by molar-refractivity contribution is 5.97. The van der Waals surface area contributed by atoms with Crippen LogP contribution in [0, 0.1) is 24.0 Å². The van der Waals surface area contributed by atoms with Crippen molar-refractivity contribution in [3.05, 3.63) is 138 Å². The summed E-state index contributed by atoms with van der Waals surface area (Å²) in [5.74, 6) is -0.718. The van der Waals surface area contributed by atoms with Crippen molar-refractivity contribution < 1.29 is 18.3 Å². The molecule has 5 rings (SSSR count). The summed E-state index contributed by atoms with van der Waals surface area (Å²) >= 11 is 0. The molecule has 0 aliphatic carbocycles. The second-order valence-corrected chi connectivity index (χ2v) is 10.5. The van der Waals surface area contributed by atoms with Gasteiger partial charge in [-0.1, -0.05) is 50.2 Å². The van der Waals surface area contributed by atoms with E-state index in [1.807, 2.05) is 65.0 Å². The molecule has 2 N–H and O–H groups in total. The predicted octanol–water partition coefficient (Wildman–Crippen LogP) is 8.59. The molecular weight excluding hydrogens is 584 g/mol. The Bertz CT molecular complexity index is 1690. The van der Waals surface area contributed by atoms with Gasteiger partial charge in [-0.15, -0.1) is 0 Å². The van der Waals surface area contributed by atoms with Crippen molar-refractivity contribution in [3.8, 4) is 16.9 Å². The maximum atomic E-state index is 15.4. The van der Waals surface area contributed by atoms with Gasteiger partial charge in [-0.2, -0.15) is 0 Å². The van der Waals surface area contributed by atoms with Gasteiger partial charge in [0.2, 0.25) is 0 Å². The lowest BCUT2D eigenvalue weighted by molar-refractivity contribution is 0.0926. The molecule has 0 saturated carbocycles. The van der Waals surface area contributed by atoms with Gasteiger partial charge in [-0.05, 0) is 86.8 Å². The number of aryl methyl sites for hydroxylation is 1. The van der Waals surface area contributed by atoms with Gasteiger partial charge < -0.3 is 20.0 Å². The Balaban J connectivity index is 0.000000446. The zero-order valence-corrected chi connectivity index (χ0v) is 27.1. The highest BCUT2D eigenvalue weighted by atomic mass is 19.1. The van der Waals surface area contributed by atoms with Gasteiger partial charge in [0, 0.05) is 30.7 Å². The average molecular weight is 626 g/mol. The molecule has 0 fully saturated rings. The highest BCUT2D eigenvalue weighted by Gasteiger charge is 2.22. The molecule has 1 atom stereocenters. The third kappa shape index (κ3) is 10.2. The van der Waals surface area contributed by atoms with Crippen LogP contribution in [0.4, 0.5) is 8.78 Å². The molecule has 0 bridgehead atoms. The van der Waals surface area contributed by atoms with Gasteiger partial charge in [-0.3, -0.25) is 9.78 Å². The number of aromatic nitrogens is 3. The first-order valence-corrected chi connectivity index (χ1v) is 15.2. The molecular formula is C37H41F2N5O2. The molecule has 9 heteroatoms. The lowest BCUT2D eigenvalue weighted by Crippen LogP contribution is -2.32. The Morgan fingerprint density at radius 1 is 0.957 bits per heavy atom. The van der Waals surface area contributed by atoms with Crippen molar-refractivity contribution in [1.82, 2.24) is 19.9 Å². The van der Waals surface area contributed by atoms with E-state index in [4.69, 9.17) is 10.1 Å². The Labute approximate surface area is 269 Å². The maximum Gasteiger partial charge on any atom is 0.255 e. The number of nitrogens with one attached hydrogen (secondary N) is 2. The molecule has 2 aromatic heterocycles. The van der Waals surface area contributed by atoms with E-state index in [0.29, 0.717) is 33.7 Å². The molecule has 0 aliphatic heterocycles. The minimum Gasteiger partial charge on any atom is -0.490 e. The normalized spacial score (nSPS) is 11.0. The Morgan fingerprint density at radius 3 is 2.24 bits per heavy atom. The summed E-state index contributed by atoms with van der Waals surface area (Å²) in [5, 5.41) is 10.1. The topological polar surface area (TPSA) is 92.9 Å². The van der Waals surface area contributed by atoms with Crippen LogP contribution >= 0.6 is 0 Å². The van der Waals surface area contributed by atoms with Crippen molar-refractivity contribution in [1.29, 1.82) is 5.41 Å². The third-order valence-corrected chi connectivity index (χ3v) is 6.60. The lowest BCUT2D eigenvalue weighted by atomic mass is 9.99. The zero-order valence-electron chi connectivity index (χ0n) is 27.1. The van der Waals surface area contributed by atoms with Crippen LogP contribution < -0.4 is 10.1 Å². The van der Waals surface area contributed by atoms with Crippen LogP contribution in [-0.2, 0) is 6.54 Å². The summed E-state index contributed by atoms with van der Waals surface area (Å²) in [6, 6.07) is 20.9. The maximum absolute atomic E-state index is 15.4. The largest absolute Gasteiger partial charge is 0.490 e. The van der Waals surface area contributed by atoms with E-state index in [2.05, 4.69) is 15.3 Å². The number of hydrogen-bond acceptors (Lipinski definition) is 5. The molecule has 7 nitrogen and oxygen atoms in total. The number of ether oxygens (including phenoxy) is 1. The number of halogens is 2. The number of amides is 1. The van der Waals surface area contributed by atoms with Crippen LogP contribution in [0.3, 0.4) is 0 Å². The van der Waals surface area contributed by atoms with Crippen LogP contribution in [0.15, 0.2) is 104 Å². The summed E-state index contributed by atoms with van der Waals surface area (Å²) in [6.45, 7) is 11.7. The van der Waals surface area contributed by atoms with Crippen LogP contribution in [0.25, 0.3) is 11.1 Å². The first-order chi connectivity index (χ1) is 22.1. The van der Waals surface area contributed by atoms with E-state index in [-0.39, 0.29) is 24.4 Å². The van der Waals surface area contributed by atoms with E-state index in [0.717, 1.165) is 11.3 Å². The van der Waals surface area contributed by atoms with Gasteiger partial charge in [0.05, 0.1) is 35.4 Å². The quantitative estimate of drug-likeness (QED) is 0.161. The number of pyridine rings is 1. The minimum absolute atomic E-state index is 0.110. The lowest BCUT2D eigenvalue weighted by Gasteiger charge is -2.22. The van der Waals surface area contributed by atoms with Crippen LogP contribution in [0.2, 0.25) is 0 Å². The fraction of sp³-hybridized carbons (Fsp3) is 0.243. The summed E-state index contributed by atoms with van der Waals surface area (Å²) in [4.78, 5) is 21.3. The molecule has 46 heavy (non-hydrogen) atoms. The Kier molecular flexibility index (Phi) is 13.3. The van der Waals surface area contributed by atoms with E-state index in [9.17, 15) is 9.18 Å². The summed E-state index contributed by atoms with van der Waals surface area (Å²) < 4.78 is 36.3. The molecule has 1 amide bonds. The fourth-order valence-corrected chi connectivity index (χ4v) is 4.45. The molecule has 3 aromatic carbocycles. The SMILES string of the molecule is CC.CC(=N)c1ccccn1.Cc1ccc(C(=O)NC(Cn2ccnc2)c2ccc(-c3ccc(F)cc3)cc2F)c(OC(C)C)c1. The molecule has 0 spiro atoms. The molecule has 0 radical (unpaired) electrons. The molecule has 0 saturated heterocycles. The smallest absolute Gasteiger partial charge is 0.255 e. The second kappa shape index (κ2) is 17.3. The third-order valence-electron chi connectivity index (χ3n) is 6.60. The van der Waals surface area contributed by atoms with Crippen molar-refractivity contribution >= 4 is 11.6 Å². The number of nitrogens with zero attached hydrogens (tertiary/aromatic N) is 3. The van der Waals surface area contributed by atoms with Crippen LogP contribution in [-0.4, -0.2) is 32.3 Å². The highest BCUT2D eigenvalue weighted by Crippen LogP contribution is 2.28. The first-order valence-electron chi connectivity index (χ1n) is 15.2. The predicted molar refractivity (Wildman–Crippen MR) is 179 cm³/mol. The molecule has 2 heterocycles. The van der Waals surface area contributed by atoms with Crippen molar-refractivity contribution in [2.24, 2.45) is 0 Å². The Morgan fingerprint density at radius 2 is 1.67 bits per heavy atom. The zero-order chi connectivity index (χ0) is 33.6. The van der Waals surface area contributed by atoms with Crippen molar-refractivity contribution in [2.75, 3.05) is 0 Å². The van der Waals surface area contributed by atoms with Crippen molar-refractivity contribution in [2.45, 2.75) is 60.2 Å². The van der Waals surface area contributed by atoms with Gasteiger partial charge in [0.1, 0.15) is 17.4 Å². The van der Waals surface area contributed by atoms with Gasteiger partial charge >= 0.3 is 0 Å². The fourth-order valence-electron chi connectivity index (χ4n) is 4.45.